The molecule has 0 spiro atoms. The molecule has 1 aromatic heterocycles. The monoisotopic (exact) mass is 311 g/mol. The van der Waals surface area contributed by atoms with E-state index >= 15 is 0 Å². The molecule has 0 amide bonds. The van der Waals surface area contributed by atoms with Gasteiger partial charge >= 0.3 is 5.88 Å². The minimum Gasteiger partial charge on any atom is -0.404 e. The topological polar surface area (TPSA) is 114 Å². The van der Waals surface area contributed by atoms with Crippen molar-refractivity contribution in [2.24, 2.45) is 0 Å². The fourth-order valence-corrected chi connectivity index (χ4v) is 2.18. The third-order valence-electron chi connectivity index (χ3n) is 2.48. The number of rotatable bonds is 6. The molecule has 0 atom stereocenters. The van der Waals surface area contributed by atoms with Gasteiger partial charge in [0.15, 0.2) is 0 Å². The van der Waals surface area contributed by atoms with Crippen LogP contribution in [-0.4, -0.2) is 19.6 Å². The summed E-state index contributed by atoms with van der Waals surface area (Å²) in [6.07, 6.45) is 1.07. The highest BCUT2D eigenvalue weighted by molar-refractivity contribution is 7.92. The van der Waals surface area contributed by atoms with Crippen LogP contribution in [0.2, 0.25) is 0 Å². The van der Waals surface area contributed by atoms with Crippen LogP contribution in [0.15, 0.2) is 40.8 Å². The smallest absolute Gasteiger partial charge is 0.404 e. The van der Waals surface area contributed by atoms with Crippen molar-refractivity contribution < 1.29 is 17.8 Å². The van der Waals surface area contributed by atoms with Gasteiger partial charge in [-0.15, -0.1) is 0 Å². The first-order valence-electron chi connectivity index (χ1n) is 5.88. The van der Waals surface area contributed by atoms with Gasteiger partial charge in [-0.2, -0.15) is 0 Å². The van der Waals surface area contributed by atoms with Crippen LogP contribution in [-0.2, 0) is 16.6 Å². The normalized spacial score (nSPS) is 11.1. The van der Waals surface area contributed by atoms with Crippen molar-refractivity contribution in [2.45, 2.75) is 6.54 Å². The molecule has 112 valence electrons. The molecule has 8 nitrogen and oxygen atoms in total. The summed E-state index contributed by atoms with van der Waals surface area (Å²) in [5, 5.41) is 13.5. The lowest BCUT2D eigenvalue weighted by molar-refractivity contribution is -0.402. The van der Waals surface area contributed by atoms with Crippen LogP contribution in [0, 0.1) is 10.1 Å². The molecule has 0 unspecified atom stereocenters. The zero-order chi connectivity index (χ0) is 15.5. The summed E-state index contributed by atoms with van der Waals surface area (Å²) in [7, 11) is -3.30. The molecule has 1 aromatic carbocycles. The summed E-state index contributed by atoms with van der Waals surface area (Å²) in [6.45, 7) is 0.284. The van der Waals surface area contributed by atoms with Crippen molar-refractivity contribution in [1.82, 2.24) is 0 Å². The van der Waals surface area contributed by atoms with E-state index in [1.54, 1.807) is 24.3 Å². The summed E-state index contributed by atoms with van der Waals surface area (Å²) >= 11 is 0. The number of anilines is 2. The Balaban J connectivity index is 1.95. The molecule has 0 aliphatic heterocycles. The lowest BCUT2D eigenvalue weighted by Gasteiger charge is -2.07. The number of nitrogens with zero attached hydrogens (tertiary/aromatic N) is 1. The summed E-state index contributed by atoms with van der Waals surface area (Å²) in [5.41, 5.74) is 1.18. The third-order valence-corrected chi connectivity index (χ3v) is 3.09. The van der Waals surface area contributed by atoms with Gasteiger partial charge in [0.2, 0.25) is 10.0 Å². The lowest BCUT2D eigenvalue weighted by Crippen LogP contribution is -2.09. The third kappa shape index (κ3) is 4.49. The molecule has 0 aliphatic carbocycles. The van der Waals surface area contributed by atoms with Gasteiger partial charge < -0.3 is 9.73 Å². The summed E-state index contributed by atoms with van der Waals surface area (Å²) in [4.78, 5) is 9.87. The largest absolute Gasteiger partial charge is 0.433 e. The van der Waals surface area contributed by atoms with E-state index in [4.69, 9.17) is 4.42 Å². The van der Waals surface area contributed by atoms with E-state index < -0.39 is 14.9 Å². The molecular formula is C12H13N3O5S. The number of benzene rings is 1. The second kappa shape index (κ2) is 5.83. The molecule has 0 bridgehead atoms. The van der Waals surface area contributed by atoms with Crippen molar-refractivity contribution in [3.63, 3.8) is 0 Å². The zero-order valence-electron chi connectivity index (χ0n) is 11.1. The number of furan rings is 1. The van der Waals surface area contributed by atoms with Crippen molar-refractivity contribution in [2.75, 3.05) is 16.3 Å². The molecule has 2 N–H and O–H groups in total. The first-order valence-corrected chi connectivity index (χ1v) is 7.77. The molecule has 1 heterocycles. The highest BCUT2D eigenvalue weighted by Crippen LogP contribution is 2.18. The van der Waals surface area contributed by atoms with E-state index in [2.05, 4.69) is 10.0 Å². The maximum Gasteiger partial charge on any atom is 0.433 e. The second-order valence-electron chi connectivity index (χ2n) is 4.30. The van der Waals surface area contributed by atoms with Gasteiger partial charge in [0.1, 0.15) is 10.7 Å². The Morgan fingerprint density at radius 1 is 1.14 bits per heavy atom. The Hall–Kier alpha value is -2.55. The minimum absolute atomic E-state index is 0.284. The van der Waals surface area contributed by atoms with Crippen LogP contribution in [0.5, 0.6) is 0 Å². The number of nitrogens with one attached hydrogen (secondary N) is 2. The number of hydrogen-bond acceptors (Lipinski definition) is 6. The molecule has 0 saturated heterocycles. The molecule has 0 radical (unpaired) electrons. The average molecular weight is 311 g/mol. The van der Waals surface area contributed by atoms with Crippen LogP contribution in [0.1, 0.15) is 5.76 Å². The van der Waals surface area contributed by atoms with Gasteiger partial charge in [0, 0.05) is 11.4 Å². The molecule has 21 heavy (non-hydrogen) atoms. The quantitative estimate of drug-likeness (QED) is 0.624. The van der Waals surface area contributed by atoms with Gasteiger partial charge in [-0.1, -0.05) is 0 Å². The van der Waals surface area contributed by atoms with Gasteiger partial charge in [-0.25, -0.2) is 8.42 Å². The minimum atomic E-state index is -3.30. The van der Waals surface area contributed by atoms with Crippen molar-refractivity contribution in [1.29, 1.82) is 0 Å². The Kier molecular flexibility index (Phi) is 4.13. The molecule has 0 fully saturated rings. The highest BCUT2D eigenvalue weighted by Gasteiger charge is 2.11. The predicted molar refractivity (Wildman–Crippen MR) is 77.6 cm³/mol. The Bertz CT molecular complexity index is 737. The van der Waals surface area contributed by atoms with Crippen LogP contribution >= 0.6 is 0 Å². The maximum atomic E-state index is 11.1. The standard InChI is InChI=1S/C12H13N3O5S/c1-21(18,19)14-10-4-2-9(3-5-10)13-8-11-6-7-12(20-11)15(16)17/h2-7,13-14H,8H2,1H3. The van der Waals surface area contributed by atoms with Gasteiger partial charge in [0.05, 0.1) is 18.9 Å². The summed E-state index contributed by atoms with van der Waals surface area (Å²) < 4.78 is 29.5. The fourth-order valence-electron chi connectivity index (χ4n) is 1.62. The van der Waals surface area contributed by atoms with Crippen molar-refractivity contribution in [3.8, 4) is 0 Å². The van der Waals surface area contributed by atoms with Gasteiger partial charge in [0.25, 0.3) is 0 Å². The second-order valence-corrected chi connectivity index (χ2v) is 6.05. The van der Waals surface area contributed by atoms with E-state index in [1.165, 1.54) is 12.1 Å². The summed E-state index contributed by atoms with van der Waals surface area (Å²) in [5.74, 6) is 0.125. The average Bonchev–Trinajstić information content (AvgIpc) is 2.85. The molecule has 0 saturated carbocycles. The van der Waals surface area contributed by atoms with Crippen molar-refractivity contribution in [3.05, 3.63) is 52.3 Å². The fraction of sp³-hybridized carbons (Fsp3) is 0.167. The van der Waals surface area contributed by atoms with Crippen LogP contribution in [0.4, 0.5) is 17.3 Å². The van der Waals surface area contributed by atoms with E-state index in [-0.39, 0.29) is 12.4 Å². The van der Waals surface area contributed by atoms with E-state index in [0.717, 1.165) is 11.9 Å². The summed E-state index contributed by atoms with van der Waals surface area (Å²) in [6, 6.07) is 9.39. The van der Waals surface area contributed by atoms with Gasteiger partial charge in [-0.05, 0) is 30.3 Å². The van der Waals surface area contributed by atoms with Gasteiger partial charge in [-0.3, -0.25) is 14.8 Å². The van der Waals surface area contributed by atoms with E-state index in [1.807, 2.05) is 0 Å². The van der Waals surface area contributed by atoms with Crippen LogP contribution in [0.25, 0.3) is 0 Å². The van der Waals surface area contributed by atoms with Crippen LogP contribution in [0.3, 0.4) is 0 Å². The molecule has 2 aromatic rings. The Labute approximate surface area is 121 Å². The van der Waals surface area contributed by atoms with Crippen molar-refractivity contribution >= 4 is 27.3 Å². The number of sulfonamides is 1. The maximum absolute atomic E-state index is 11.1. The highest BCUT2D eigenvalue weighted by atomic mass is 32.2. The molecule has 2 rings (SSSR count). The molecular weight excluding hydrogens is 298 g/mol. The molecule has 0 aliphatic rings. The zero-order valence-corrected chi connectivity index (χ0v) is 11.9. The first-order chi connectivity index (χ1) is 9.83. The Morgan fingerprint density at radius 3 is 2.29 bits per heavy atom. The predicted octanol–water partition coefficient (Wildman–Crippen LogP) is 2.17. The number of hydrogen-bond donors (Lipinski definition) is 2. The Morgan fingerprint density at radius 2 is 1.76 bits per heavy atom. The SMILES string of the molecule is CS(=O)(=O)Nc1ccc(NCc2ccc([N+](=O)[O-])o2)cc1. The molecule has 9 heteroatoms. The van der Waals surface area contributed by atoms with E-state index in [9.17, 15) is 18.5 Å². The van der Waals surface area contributed by atoms with Crippen LogP contribution < -0.4 is 10.0 Å². The first kappa shape index (κ1) is 14.9. The van der Waals surface area contributed by atoms with E-state index in [0.29, 0.717) is 11.4 Å². The number of nitro groups is 1. The lowest BCUT2D eigenvalue weighted by atomic mass is 10.3.